The van der Waals surface area contributed by atoms with Crippen LogP contribution >= 0.6 is 15.9 Å². The molecule has 62 valence electrons. The molecular weight excluding hydrogens is 216 g/mol. The Labute approximate surface area is 80.4 Å². The Hall–Kier alpha value is -0.880. The summed E-state index contributed by atoms with van der Waals surface area (Å²) < 4.78 is 0.654. The SMILES string of the molecule is CCc1cc(C)c(C#N)c(Br)n1. The molecule has 0 N–H and O–H groups in total. The minimum atomic E-state index is 0.632. The summed E-state index contributed by atoms with van der Waals surface area (Å²) in [6, 6.07) is 4.05. The van der Waals surface area contributed by atoms with E-state index in [1.165, 1.54) is 0 Å². The molecule has 1 aromatic heterocycles. The van der Waals surface area contributed by atoms with E-state index in [1.54, 1.807) is 0 Å². The van der Waals surface area contributed by atoms with Crippen LogP contribution < -0.4 is 0 Å². The molecule has 3 heteroatoms. The fourth-order valence-corrected chi connectivity index (χ4v) is 1.64. The molecule has 1 rings (SSSR count). The lowest BCUT2D eigenvalue weighted by molar-refractivity contribution is 1.01. The van der Waals surface area contributed by atoms with Crippen LogP contribution in [0.15, 0.2) is 10.7 Å². The number of nitriles is 1. The number of pyridine rings is 1. The fraction of sp³-hybridized carbons (Fsp3) is 0.333. The van der Waals surface area contributed by atoms with Crippen molar-refractivity contribution in [2.75, 3.05) is 0 Å². The molecule has 0 fully saturated rings. The van der Waals surface area contributed by atoms with Gasteiger partial charge in [-0.15, -0.1) is 0 Å². The van der Waals surface area contributed by atoms with E-state index in [2.05, 4.69) is 27.0 Å². The Morgan fingerprint density at radius 1 is 1.67 bits per heavy atom. The van der Waals surface area contributed by atoms with Gasteiger partial charge in [0.05, 0.1) is 5.56 Å². The first kappa shape index (κ1) is 9.21. The molecule has 0 bridgehead atoms. The number of halogens is 1. The first-order valence-electron chi connectivity index (χ1n) is 3.75. The van der Waals surface area contributed by atoms with Gasteiger partial charge < -0.3 is 0 Å². The van der Waals surface area contributed by atoms with E-state index in [-0.39, 0.29) is 0 Å². The second kappa shape index (κ2) is 3.68. The molecule has 0 aliphatic heterocycles. The van der Waals surface area contributed by atoms with Crippen molar-refractivity contribution < 1.29 is 0 Å². The zero-order valence-electron chi connectivity index (χ0n) is 7.06. The molecule has 0 atom stereocenters. The van der Waals surface area contributed by atoms with E-state index in [9.17, 15) is 0 Å². The summed E-state index contributed by atoms with van der Waals surface area (Å²) in [6.45, 7) is 3.96. The normalized spacial score (nSPS) is 9.50. The highest BCUT2D eigenvalue weighted by atomic mass is 79.9. The van der Waals surface area contributed by atoms with Crippen molar-refractivity contribution in [3.63, 3.8) is 0 Å². The van der Waals surface area contributed by atoms with Crippen LogP contribution in [-0.2, 0) is 6.42 Å². The highest BCUT2D eigenvalue weighted by molar-refractivity contribution is 9.10. The molecule has 12 heavy (non-hydrogen) atoms. The Morgan fingerprint density at radius 2 is 2.33 bits per heavy atom. The first-order valence-corrected chi connectivity index (χ1v) is 4.54. The van der Waals surface area contributed by atoms with Gasteiger partial charge in [0.15, 0.2) is 0 Å². The number of aryl methyl sites for hydroxylation is 2. The third kappa shape index (κ3) is 1.64. The lowest BCUT2D eigenvalue weighted by atomic mass is 10.1. The van der Waals surface area contributed by atoms with Gasteiger partial charge in [-0.3, -0.25) is 0 Å². The van der Waals surface area contributed by atoms with Crippen molar-refractivity contribution in [2.24, 2.45) is 0 Å². The number of hydrogen-bond acceptors (Lipinski definition) is 2. The summed E-state index contributed by atoms with van der Waals surface area (Å²) >= 11 is 3.27. The summed E-state index contributed by atoms with van der Waals surface area (Å²) in [5.74, 6) is 0. The quantitative estimate of drug-likeness (QED) is 0.688. The zero-order valence-corrected chi connectivity index (χ0v) is 8.64. The van der Waals surface area contributed by atoms with Gasteiger partial charge in [-0.05, 0) is 40.9 Å². The van der Waals surface area contributed by atoms with Crippen LogP contribution in [-0.4, -0.2) is 4.98 Å². The highest BCUT2D eigenvalue weighted by Gasteiger charge is 2.05. The van der Waals surface area contributed by atoms with Gasteiger partial charge in [-0.2, -0.15) is 5.26 Å². The number of hydrogen-bond donors (Lipinski definition) is 0. The van der Waals surface area contributed by atoms with Gasteiger partial charge in [0, 0.05) is 5.69 Å². The number of rotatable bonds is 1. The van der Waals surface area contributed by atoms with Gasteiger partial charge >= 0.3 is 0 Å². The molecule has 0 aliphatic carbocycles. The Morgan fingerprint density at radius 3 is 2.75 bits per heavy atom. The second-order valence-corrected chi connectivity index (χ2v) is 3.31. The maximum Gasteiger partial charge on any atom is 0.124 e. The third-order valence-corrected chi connectivity index (χ3v) is 2.27. The number of aromatic nitrogens is 1. The van der Waals surface area contributed by atoms with Crippen molar-refractivity contribution in [1.82, 2.24) is 4.98 Å². The minimum Gasteiger partial charge on any atom is -0.245 e. The van der Waals surface area contributed by atoms with Gasteiger partial charge in [-0.1, -0.05) is 6.92 Å². The van der Waals surface area contributed by atoms with E-state index in [0.717, 1.165) is 17.7 Å². The molecular formula is C9H9BrN2. The summed E-state index contributed by atoms with van der Waals surface area (Å²) in [6.07, 6.45) is 0.894. The summed E-state index contributed by atoms with van der Waals surface area (Å²) in [5.41, 5.74) is 2.63. The van der Waals surface area contributed by atoms with Gasteiger partial charge in [-0.25, -0.2) is 4.98 Å². The smallest absolute Gasteiger partial charge is 0.124 e. The second-order valence-electron chi connectivity index (χ2n) is 2.56. The first-order chi connectivity index (χ1) is 5.69. The maximum absolute atomic E-state index is 8.74. The monoisotopic (exact) mass is 224 g/mol. The van der Waals surface area contributed by atoms with Crippen molar-refractivity contribution in [1.29, 1.82) is 5.26 Å². The van der Waals surface area contributed by atoms with E-state index >= 15 is 0 Å². The molecule has 0 saturated heterocycles. The molecule has 0 aliphatic rings. The summed E-state index contributed by atoms with van der Waals surface area (Å²) in [4.78, 5) is 4.22. The molecule has 1 heterocycles. The average molecular weight is 225 g/mol. The van der Waals surface area contributed by atoms with Crippen LogP contribution in [0.25, 0.3) is 0 Å². The van der Waals surface area contributed by atoms with Gasteiger partial charge in [0.2, 0.25) is 0 Å². The summed E-state index contributed by atoms with van der Waals surface area (Å²) in [7, 11) is 0. The number of nitrogens with zero attached hydrogens (tertiary/aromatic N) is 2. The van der Waals surface area contributed by atoms with Crippen LogP contribution in [0.1, 0.15) is 23.7 Å². The van der Waals surface area contributed by atoms with Crippen LogP contribution in [0, 0.1) is 18.3 Å². The largest absolute Gasteiger partial charge is 0.245 e. The topological polar surface area (TPSA) is 36.7 Å². The zero-order chi connectivity index (χ0) is 9.14. The van der Waals surface area contributed by atoms with Crippen LogP contribution in [0.5, 0.6) is 0 Å². The van der Waals surface area contributed by atoms with E-state index < -0.39 is 0 Å². The van der Waals surface area contributed by atoms with Crippen molar-refractivity contribution in [3.05, 3.63) is 27.5 Å². The molecule has 2 nitrogen and oxygen atoms in total. The van der Waals surface area contributed by atoms with Crippen molar-refractivity contribution in [2.45, 2.75) is 20.3 Å². The molecule has 0 amide bonds. The standard InChI is InChI=1S/C9H9BrN2/c1-3-7-4-6(2)8(5-11)9(10)12-7/h4H,3H2,1-2H3. The Kier molecular flexibility index (Phi) is 2.83. The lowest BCUT2D eigenvalue weighted by Crippen LogP contribution is -1.94. The third-order valence-electron chi connectivity index (χ3n) is 1.70. The van der Waals surface area contributed by atoms with Crippen molar-refractivity contribution >= 4 is 15.9 Å². The predicted molar refractivity (Wildman–Crippen MR) is 50.8 cm³/mol. The van der Waals surface area contributed by atoms with Crippen molar-refractivity contribution in [3.8, 4) is 6.07 Å². The molecule has 0 radical (unpaired) electrons. The fourth-order valence-electron chi connectivity index (χ4n) is 1.01. The maximum atomic E-state index is 8.74. The van der Waals surface area contributed by atoms with Gasteiger partial charge in [0.1, 0.15) is 10.7 Å². The van der Waals surface area contributed by atoms with E-state index in [1.807, 2.05) is 19.9 Å². The molecule has 0 spiro atoms. The molecule has 0 saturated carbocycles. The minimum absolute atomic E-state index is 0.632. The molecule has 0 unspecified atom stereocenters. The van der Waals surface area contributed by atoms with Crippen LogP contribution in [0.3, 0.4) is 0 Å². The lowest BCUT2D eigenvalue weighted by Gasteiger charge is -2.02. The molecule has 1 aromatic rings. The molecule has 0 aromatic carbocycles. The van der Waals surface area contributed by atoms with Gasteiger partial charge in [0.25, 0.3) is 0 Å². The van der Waals surface area contributed by atoms with Crippen LogP contribution in [0.2, 0.25) is 0 Å². The Balaban J connectivity index is 3.30. The predicted octanol–water partition coefficient (Wildman–Crippen LogP) is 2.59. The highest BCUT2D eigenvalue weighted by Crippen LogP contribution is 2.18. The Bertz CT molecular complexity index is 316. The summed E-state index contributed by atoms with van der Waals surface area (Å²) in [5, 5.41) is 8.74. The average Bonchev–Trinajstić information content (AvgIpc) is 2.03. The van der Waals surface area contributed by atoms with Crippen LogP contribution in [0.4, 0.5) is 0 Å². The van der Waals surface area contributed by atoms with E-state index in [4.69, 9.17) is 5.26 Å². The van der Waals surface area contributed by atoms with E-state index in [0.29, 0.717) is 10.2 Å².